The smallest absolute Gasteiger partial charge is 0.255 e. The van der Waals surface area contributed by atoms with Crippen LogP contribution >= 0.6 is 0 Å². The Hall–Kier alpha value is -2.80. The zero-order valence-corrected chi connectivity index (χ0v) is 11.2. The third kappa shape index (κ3) is 3.36. The summed E-state index contributed by atoms with van der Waals surface area (Å²) in [5.41, 5.74) is 2.69. The maximum Gasteiger partial charge on any atom is 0.255 e. The van der Waals surface area contributed by atoms with Crippen molar-refractivity contribution < 1.29 is 4.79 Å². The van der Waals surface area contributed by atoms with Crippen molar-refractivity contribution in [2.75, 3.05) is 17.2 Å². The quantitative estimate of drug-likeness (QED) is 0.891. The molecule has 2 aromatic carbocycles. The van der Waals surface area contributed by atoms with Gasteiger partial charge in [0, 0.05) is 23.5 Å². The first-order chi connectivity index (χ1) is 9.72. The number of benzene rings is 2. The first-order valence-electron chi connectivity index (χ1n) is 6.38. The number of anilines is 2. The lowest BCUT2D eigenvalue weighted by Crippen LogP contribution is -2.12. The summed E-state index contributed by atoms with van der Waals surface area (Å²) in [6.45, 7) is 2.86. The van der Waals surface area contributed by atoms with Crippen molar-refractivity contribution >= 4 is 17.3 Å². The molecule has 0 aliphatic rings. The standard InChI is InChI=1S/C16H15N3O/c1-2-18-14-8-6-13(7-9-14)16(20)19-15-5-3-4-12(10-15)11-17/h3-10,18H,2H2,1H3,(H,19,20). The highest BCUT2D eigenvalue weighted by Crippen LogP contribution is 2.13. The van der Waals surface area contributed by atoms with E-state index in [1.54, 1.807) is 36.4 Å². The molecule has 0 aliphatic carbocycles. The van der Waals surface area contributed by atoms with Gasteiger partial charge in [-0.05, 0) is 49.4 Å². The predicted octanol–water partition coefficient (Wildman–Crippen LogP) is 3.24. The largest absolute Gasteiger partial charge is 0.385 e. The molecule has 0 aliphatic heterocycles. The minimum Gasteiger partial charge on any atom is -0.385 e. The Kier molecular flexibility index (Phi) is 4.35. The Morgan fingerprint density at radius 2 is 1.90 bits per heavy atom. The molecule has 0 unspecified atom stereocenters. The van der Waals surface area contributed by atoms with Crippen molar-refractivity contribution in [2.24, 2.45) is 0 Å². The van der Waals surface area contributed by atoms with Crippen LogP contribution in [0.5, 0.6) is 0 Å². The number of nitrogens with one attached hydrogen (secondary N) is 2. The van der Waals surface area contributed by atoms with Gasteiger partial charge >= 0.3 is 0 Å². The van der Waals surface area contributed by atoms with Crippen molar-refractivity contribution in [1.29, 1.82) is 5.26 Å². The van der Waals surface area contributed by atoms with Gasteiger partial charge in [-0.1, -0.05) is 6.07 Å². The Morgan fingerprint density at radius 1 is 1.15 bits per heavy atom. The minimum absolute atomic E-state index is 0.192. The molecule has 0 aromatic heterocycles. The highest BCUT2D eigenvalue weighted by molar-refractivity contribution is 6.04. The van der Waals surface area contributed by atoms with Crippen molar-refractivity contribution in [1.82, 2.24) is 0 Å². The van der Waals surface area contributed by atoms with Gasteiger partial charge in [0.1, 0.15) is 0 Å². The summed E-state index contributed by atoms with van der Waals surface area (Å²) in [5.74, 6) is -0.192. The lowest BCUT2D eigenvalue weighted by atomic mass is 10.1. The van der Waals surface area contributed by atoms with Crippen LogP contribution < -0.4 is 10.6 Å². The van der Waals surface area contributed by atoms with Gasteiger partial charge in [-0.25, -0.2) is 0 Å². The average Bonchev–Trinajstić information content (AvgIpc) is 2.48. The molecule has 0 saturated heterocycles. The molecule has 20 heavy (non-hydrogen) atoms. The van der Waals surface area contributed by atoms with Crippen LogP contribution in [0.2, 0.25) is 0 Å². The maximum atomic E-state index is 12.1. The fraction of sp³-hybridized carbons (Fsp3) is 0.125. The molecule has 0 saturated carbocycles. The number of carbonyl (C=O) groups excluding carboxylic acids is 1. The molecule has 2 rings (SSSR count). The number of rotatable bonds is 4. The normalized spacial score (nSPS) is 9.60. The molecule has 4 heteroatoms. The summed E-state index contributed by atoms with van der Waals surface area (Å²) in [6.07, 6.45) is 0. The van der Waals surface area contributed by atoms with E-state index in [-0.39, 0.29) is 5.91 Å². The van der Waals surface area contributed by atoms with Crippen LogP contribution in [0.25, 0.3) is 0 Å². The number of nitriles is 1. The Morgan fingerprint density at radius 3 is 2.55 bits per heavy atom. The van der Waals surface area contributed by atoms with Crippen LogP contribution in [0.4, 0.5) is 11.4 Å². The van der Waals surface area contributed by atoms with E-state index in [9.17, 15) is 4.79 Å². The number of nitrogens with zero attached hydrogens (tertiary/aromatic N) is 1. The first kappa shape index (κ1) is 13.6. The molecular formula is C16H15N3O. The van der Waals surface area contributed by atoms with Gasteiger partial charge in [0.25, 0.3) is 5.91 Å². The second kappa shape index (κ2) is 6.39. The zero-order valence-electron chi connectivity index (χ0n) is 11.2. The van der Waals surface area contributed by atoms with Crippen molar-refractivity contribution in [2.45, 2.75) is 6.92 Å². The van der Waals surface area contributed by atoms with Gasteiger partial charge < -0.3 is 10.6 Å². The fourth-order valence-electron chi connectivity index (χ4n) is 1.81. The van der Waals surface area contributed by atoms with Gasteiger partial charge in [0.2, 0.25) is 0 Å². The van der Waals surface area contributed by atoms with Gasteiger partial charge in [0.05, 0.1) is 11.6 Å². The number of hydrogen-bond acceptors (Lipinski definition) is 3. The summed E-state index contributed by atoms with van der Waals surface area (Å²) >= 11 is 0. The molecule has 0 spiro atoms. The summed E-state index contributed by atoms with van der Waals surface area (Å²) in [7, 11) is 0. The van der Waals surface area contributed by atoms with Crippen molar-refractivity contribution in [3.8, 4) is 6.07 Å². The number of hydrogen-bond donors (Lipinski definition) is 2. The van der Waals surface area contributed by atoms with Crippen LogP contribution in [0.1, 0.15) is 22.8 Å². The summed E-state index contributed by atoms with van der Waals surface area (Å²) in [6, 6.07) is 16.1. The van der Waals surface area contributed by atoms with E-state index in [1.165, 1.54) is 0 Å². The fourth-order valence-corrected chi connectivity index (χ4v) is 1.81. The number of carbonyl (C=O) groups is 1. The van der Waals surface area contributed by atoms with Crippen LogP contribution in [-0.2, 0) is 0 Å². The van der Waals surface area contributed by atoms with E-state index in [0.29, 0.717) is 16.8 Å². The van der Waals surface area contributed by atoms with Crippen LogP contribution in [0.15, 0.2) is 48.5 Å². The SMILES string of the molecule is CCNc1ccc(C(=O)Nc2cccc(C#N)c2)cc1. The maximum absolute atomic E-state index is 12.1. The molecule has 2 N–H and O–H groups in total. The van der Waals surface area contributed by atoms with Gasteiger partial charge in [-0.15, -0.1) is 0 Å². The highest BCUT2D eigenvalue weighted by atomic mass is 16.1. The Labute approximate surface area is 118 Å². The molecule has 0 heterocycles. The molecule has 2 aromatic rings. The molecule has 0 fully saturated rings. The first-order valence-corrected chi connectivity index (χ1v) is 6.38. The van der Waals surface area contributed by atoms with Crippen molar-refractivity contribution in [3.05, 3.63) is 59.7 Å². The van der Waals surface area contributed by atoms with E-state index in [1.807, 2.05) is 25.1 Å². The van der Waals surface area contributed by atoms with Crippen LogP contribution in [0, 0.1) is 11.3 Å². The molecule has 100 valence electrons. The van der Waals surface area contributed by atoms with Gasteiger partial charge in [-0.2, -0.15) is 5.26 Å². The molecule has 0 bridgehead atoms. The van der Waals surface area contributed by atoms with Crippen molar-refractivity contribution in [3.63, 3.8) is 0 Å². The molecule has 0 atom stereocenters. The number of amides is 1. The van der Waals surface area contributed by atoms with Crippen LogP contribution in [-0.4, -0.2) is 12.5 Å². The monoisotopic (exact) mass is 265 g/mol. The zero-order chi connectivity index (χ0) is 14.4. The topological polar surface area (TPSA) is 64.9 Å². The summed E-state index contributed by atoms with van der Waals surface area (Å²) in [5, 5.41) is 14.8. The minimum atomic E-state index is -0.192. The van der Waals surface area contributed by atoms with Crippen LogP contribution in [0.3, 0.4) is 0 Å². The second-order valence-corrected chi connectivity index (χ2v) is 4.25. The summed E-state index contributed by atoms with van der Waals surface area (Å²) < 4.78 is 0. The van der Waals surface area contributed by atoms with E-state index < -0.39 is 0 Å². The average molecular weight is 265 g/mol. The predicted molar refractivity (Wildman–Crippen MR) is 79.7 cm³/mol. The van der Waals surface area contributed by atoms with E-state index in [0.717, 1.165) is 12.2 Å². The van der Waals surface area contributed by atoms with E-state index in [4.69, 9.17) is 5.26 Å². The molecule has 1 amide bonds. The van der Waals surface area contributed by atoms with Gasteiger partial charge in [-0.3, -0.25) is 4.79 Å². The van der Waals surface area contributed by atoms with E-state index in [2.05, 4.69) is 10.6 Å². The molecule has 4 nitrogen and oxygen atoms in total. The second-order valence-electron chi connectivity index (χ2n) is 4.25. The third-order valence-electron chi connectivity index (χ3n) is 2.78. The Bertz CT molecular complexity index is 642. The van der Waals surface area contributed by atoms with E-state index >= 15 is 0 Å². The highest BCUT2D eigenvalue weighted by Gasteiger charge is 2.06. The lowest BCUT2D eigenvalue weighted by Gasteiger charge is -2.07. The Balaban J connectivity index is 2.09. The lowest BCUT2D eigenvalue weighted by molar-refractivity contribution is 0.102. The van der Waals surface area contributed by atoms with Gasteiger partial charge in [0.15, 0.2) is 0 Å². The molecular weight excluding hydrogens is 250 g/mol. The summed E-state index contributed by atoms with van der Waals surface area (Å²) in [4.78, 5) is 12.1. The third-order valence-corrected chi connectivity index (χ3v) is 2.78. The molecule has 0 radical (unpaired) electrons.